The summed E-state index contributed by atoms with van der Waals surface area (Å²) in [5.74, 6) is -0.112. The molecule has 96 valence electrons. The second-order valence-electron chi connectivity index (χ2n) is 4.10. The highest BCUT2D eigenvalue weighted by molar-refractivity contribution is 7.90. The predicted octanol–water partition coefficient (Wildman–Crippen LogP) is 3.39. The van der Waals surface area contributed by atoms with E-state index in [2.05, 4.69) is 4.98 Å². The second kappa shape index (κ2) is 4.99. The van der Waals surface area contributed by atoms with Crippen LogP contribution in [-0.2, 0) is 15.6 Å². The van der Waals surface area contributed by atoms with Gasteiger partial charge in [-0.2, -0.15) is 0 Å². The van der Waals surface area contributed by atoms with Crippen molar-refractivity contribution in [1.29, 1.82) is 0 Å². The van der Waals surface area contributed by atoms with Gasteiger partial charge in [-0.05, 0) is 37.1 Å². The van der Waals surface area contributed by atoms with Gasteiger partial charge in [0.2, 0.25) is 0 Å². The minimum atomic E-state index is -3.35. The molecule has 0 aliphatic carbocycles. The first kappa shape index (κ1) is 13.5. The third-order valence-corrected chi connectivity index (χ3v) is 5.37. The average molecular weight is 302 g/mol. The van der Waals surface area contributed by atoms with Crippen LogP contribution in [0.4, 0.5) is 0 Å². The van der Waals surface area contributed by atoms with Gasteiger partial charge in [0.25, 0.3) is 0 Å². The van der Waals surface area contributed by atoms with Crippen LogP contribution in [0.5, 0.6) is 0 Å². The monoisotopic (exact) mass is 301 g/mol. The molecule has 2 aromatic rings. The molecular weight excluding hydrogens is 290 g/mol. The molecule has 3 nitrogen and oxygen atoms in total. The number of sulfone groups is 1. The Morgan fingerprint density at radius 2 is 2.00 bits per heavy atom. The van der Waals surface area contributed by atoms with E-state index in [1.54, 1.807) is 17.5 Å². The van der Waals surface area contributed by atoms with Crippen LogP contribution in [0, 0.1) is 13.8 Å². The molecule has 0 fully saturated rings. The van der Waals surface area contributed by atoms with E-state index < -0.39 is 9.84 Å². The molecule has 0 saturated heterocycles. The zero-order valence-electron chi connectivity index (χ0n) is 9.97. The molecule has 0 bridgehead atoms. The first-order valence-electron chi connectivity index (χ1n) is 5.28. The highest BCUT2D eigenvalue weighted by atomic mass is 35.5. The summed E-state index contributed by atoms with van der Waals surface area (Å²) in [6.07, 6.45) is 0. The third kappa shape index (κ3) is 2.91. The van der Waals surface area contributed by atoms with Gasteiger partial charge in [0.1, 0.15) is 0 Å². The van der Waals surface area contributed by atoms with E-state index in [9.17, 15) is 8.42 Å². The summed E-state index contributed by atoms with van der Waals surface area (Å²) in [4.78, 5) is 4.29. The van der Waals surface area contributed by atoms with Crippen LogP contribution in [0.3, 0.4) is 0 Å². The maximum absolute atomic E-state index is 12.2. The van der Waals surface area contributed by atoms with Crippen LogP contribution in [0.25, 0.3) is 0 Å². The lowest BCUT2D eigenvalue weighted by atomic mass is 10.1. The van der Waals surface area contributed by atoms with E-state index in [4.69, 9.17) is 11.6 Å². The SMILES string of the molecule is Cc1ccc(S(=O)(=O)Cc2csc(Cl)n2)cc1C. The molecule has 6 heteroatoms. The number of rotatable bonds is 3. The number of hydrogen-bond acceptors (Lipinski definition) is 4. The van der Waals surface area contributed by atoms with E-state index in [1.807, 2.05) is 19.9 Å². The molecule has 0 aliphatic rings. The first-order chi connectivity index (χ1) is 8.38. The Balaban J connectivity index is 2.33. The van der Waals surface area contributed by atoms with Gasteiger partial charge in [-0.25, -0.2) is 13.4 Å². The summed E-state index contributed by atoms with van der Waals surface area (Å²) in [6.45, 7) is 3.85. The van der Waals surface area contributed by atoms with Gasteiger partial charge in [-0.3, -0.25) is 0 Å². The molecule has 1 aromatic heterocycles. The minimum Gasteiger partial charge on any atom is -0.229 e. The Bertz CT molecular complexity index is 677. The fourth-order valence-electron chi connectivity index (χ4n) is 1.53. The van der Waals surface area contributed by atoms with Crippen LogP contribution in [0.2, 0.25) is 4.47 Å². The maximum atomic E-state index is 12.2. The molecular formula is C12H12ClNO2S2. The fourth-order valence-corrected chi connectivity index (χ4v) is 3.76. The van der Waals surface area contributed by atoms with Crippen molar-refractivity contribution in [2.24, 2.45) is 0 Å². The van der Waals surface area contributed by atoms with Gasteiger partial charge in [0.05, 0.1) is 16.3 Å². The summed E-state index contributed by atoms with van der Waals surface area (Å²) in [5, 5.41) is 1.67. The Morgan fingerprint density at radius 3 is 2.56 bits per heavy atom. The molecule has 2 rings (SSSR count). The number of nitrogens with zero attached hydrogens (tertiary/aromatic N) is 1. The smallest absolute Gasteiger partial charge is 0.184 e. The van der Waals surface area contributed by atoms with Gasteiger partial charge < -0.3 is 0 Å². The van der Waals surface area contributed by atoms with Crippen molar-refractivity contribution in [2.75, 3.05) is 0 Å². The van der Waals surface area contributed by atoms with Crippen molar-refractivity contribution in [3.05, 3.63) is 44.9 Å². The van der Waals surface area contributed by atoms with E-state index >= 15 is 0 Å². The quantitative estimate of drug-likeness (QED) is 0.873. The Morgan fingerprint density at radius 1 is 1.28 bits per heavy atom. The van der Waals surface area contributed by atoms with Gasteiger partial charge in [0.15, 0.2) is 14.3 Å². The van der Waals surface area contributed by atoms with E-state index in [-0.39, 0.29) is 5.75 Å². The Labute approximate surface area is 115 Å². The highest BCUT2D eigenvalue weighted by Gasteiger charge is 2.17. The molecule has 0 amide bonds. The number of aryl methyl sites for hydroxylation is 2. The van der Waals surface area contributed by atoms with Crippen LogP contribution in [0.1, 0.15) is 16.8 Å². The summed E-state index contributed by atoms with van der Waals surface area (Å²) >= 11 is 6.93. The van der Waals surface area contributed by atoms with E-state index in [0.29, 0.717) is 15.1 Å². The topological polar surface area (TPSA) is 47.0 Å². The molecule has 0 radical (unpaired) electrons. The van der Waals surface area contributed by atoms with Crippen LogP contribution >= 0.6 is 22.9 Å². The average Bonchev–Trinajstić information content (AvgIpc) is 2.67. The van der Waals surface area contributed by atoms with Gasteiger partial charge in [-0.15, -0.1) is 11.3 Å². The van der Waals surface area contributed by atoms with Gasteiger partial charge >= 0.3 is 0 Å². The molecule has 0 aliphatic heterocycles. The zero-order chi connectivity index (χ0) is 13.3. The molecule has 1 heterocycles. The number of benzene rings is 1. The van der Waals surface area contributed by atoms with E-state index in [1.165, 1.54) is 11.3 Å². The normalized spacial score (nSPS) is 11.7. The highest BCUT2D eigenvalue weighted by Crippen LogP contribution is 2.22. The largest absolute Gasteiger partial charge is 0.229 e. The minimum absolute atomic E-state index is 0.112. The molecule has 0 saturated carbocycles. The second-order valence-corrected chi connectivity index (χ2v) is 7.53. The zero-order valence-corrected chi connectivity index (χ0v) is 12.4. The van der Waals surface area contributed by atoms with Crippen molar-refractivity contribution in [3.63, 3.8) is 0 Å². The molecule has 0 atom stereocenters. The van der Waals surface area contributed by atoms with Crippen molar-refractivity contribution < 1.29 is 8.42 Å². The Kier molecular flexibility index (Phi) is 3.75. The summed E-state index contributed by atoms with van der Waals surface area (Å²) in [6, 6.07) is 5.14. The molecule has 0 N–H and O–H groups in total. The first-order valence-corrected chi connectivity index (χ1v) is 8.19. The summed E-state index contributed by atoms with van der Waals surface area (Å²) < 4.78 is 24.8. The van der Waals surface area contributed by atoms with Crippen molar-refractivity contribution in [1.82, 2.24) is 4.98 Å². The molecule has 1 aromatic carbocycles. The number of thiazole rings is 1. The van der Waals surface area contributed by atoms with Crippen LogP contribution in [-0.4, -0.2) is 13.4 Å². The van der Waals surface area contributed by atoms with Crippen molar-refractivity contribution >= 4 is 32.8 Å². The van der Waals surface area contributed by atoms with Gasteiger partial charge in [0, 0.05) is 5.38 Å². The summed E-state index contributed by atoms with van der Waals surface area (Å²) in [5.41, 5.74) is 2.53. The Hall–Kier alpha value is -0.910. The summed E-state index contributed by atoms with van der Waals surface area (Å²) in [7, 11) is -3.35. The maximum Gasteiger partial charge on any atom is 0.184 e. The van der Waals surface area contributed by atoms with Crippen LogP contribution in [0.15, 0.2) is 28.5 Å². The predicted molar refractivity (Wildman–Crippen MR) is 73.9 cm³/mol. The number of halogens is 1. The van der Waals surface area contributed by atoms with Crippen molar-refractivity contribution in [3.8, 4) is 0 Å². The van der Waals surface area contributed by atoms with Crippen molar-refractivity contribution in [2.45, 2.75) is 24.5 Å². The van der Waals surface area contributed by atoms with Crippen LogP contribution < -0.4 is 0 Å². The standard InChI is InChI=1S/C12H12ClNO2S2/c1-8-3-4-11(5-9(8)2)18(15,16)7-10-6-17-12(13)14-10/h3-6H,7H2,1-2H3. The van der Waals surface area contributed by atoms with E-state index in [0.717, 1.165) is 11.1 Å². The lowest BCUT2D eigenvalue weighted by Gasteiger charge is -2.05. The number of hydrogen-bond donors (Lipinski definition) is 0. The third-order valence-electron chi connectivity index (χ3n) is 2.70. The molecule has 18 heavy (non-hydrogen) atoms. The lowest BCUT2D eigenvalue weighted by Crippen LogP contribution is -2.05. The molecule has 0 unspecified atom stereocenters. The molecule has 0 spiro atoms. The number of aromatic nitrogens is 1. The lowest BCUT2D eigenvalue weighted by molar-refractivity contribution is 0.594. The van der Waals surface area contributed by atoms with Gasteiger partial charge in [-0.1, -0.05) is 17.7 Å². The fraction of sp³-hybridized carbons (Fsp3) is 0.250.